The average molecular weight is 299 g/mol. The second kappa shape index (κ2) is 6.30. The van der Waals surface area contributed by atoms with Crippen LogP contribution in [-0.2, 0) is 0 Å². The predicted molar refractivity (Wildman–Crippen MR) is 84.2 cm³/mol. The van der Waals surface area contributed by atoms with E-state index in [1.807, 2.05) is 24.3 Å². The van der Waals surface area contributed by atoms with E-state index in [0.717, 1.165) is 5.69 Å². The Morgan fingerprint density at radius 2 is 1.41 bits per heavy atom. The van der Waals surface area contributed by atoms with Crippen LogP contribution in [0, 0.1) is 0 Å². The molecule has 2 rings (SSSR count). The average Bonchev–Trinajstić information content (AvgIpc) is 2.47. The molecule has 0 unspecified atom stereocenters. The number of anilines is 2. The highest BCUT2D eigenvalue weighted by Crippen LogP contribution is 2.23. The summed E-state index contributed by atoms with van der Waals surface area (Å²) in [7, 11) is 0. The third-order valence-electron chi connectivity index (χ3n) is 3.35. The molecule has 2 aromatic carbocycles. The molecule has 0 aliphatic carbocycles. The van der Waals surface area contributed by atoms with Crippen molar-refractivity contribution in [2.75, 3.05) is 5.32 Å². The normalized spacial score (nSPS) is 10.5. The van der Waals surface area contributed by atoms with Crippen LogP contribution in [0.3, 0.4) is 0 Å². The van der Waals surface area contributed by atoms with Crippen LogP contribution in [0.1, 0.15) is 46.0 Å². The molecule has 0 amide bonds. The third-order valence-corrected chi connectivity index (χ3v) is 3.35. The number of aromatic carboxylic acids is 2. The molecule has 0 saturated heterocycles. The first kappa shape index (κ1) is 15.6. The predicted octanol–water partition coefficient (Wildman–Crippen LogP) is 3.95. The van der Waals surface area contributed by atoms with E-state index in [4.69, 9.17) is 10.2 Å². The van der Waals surface area contributed by atoms with Gasteiger partial charge in [0.25, 0.3) is 0 Å². The Morgan fingerprint density at radius 3 is 1.91 bits per heavy atom. The minimum Gasteiger partial charge on any atom is -0.478 e. The summed E-state index contributed by atoms with van der Waals surface area (Å²) in [5, 5.41) is 21.2. The van der Waals surface area contributed by atoms with Crippen molar-refractivity contribution in [2.24, 2.45) is 0 Å². The molecular formula is C17H17NO4. The highest BCUT2D eigenvalue weighted by atomic mass is 16.4. The van der Waals surface area contributed by atoms with Gasteiger partial charge in [-0.25, -0.2) is 9.59 Å². The first-order valence-corrected chi connectivity index (χ1v) is 6.86. The molecule has 2 aromatic rings. The van der Waals surface area contributed by atoms with Gasteiger partial charge in [0.15, 0.2) is 0 Å². The molecule has 0 spiro atoms. The molecule has 0 aromatic heterocycles. The number of rotatable bonds is 5. The van der Waals surface area contributed by atoms with Crippen molar-refractivity contribution in [1.29, 1.82) is 0 Å². The highest BCUT2D eigenvalue weighted by Gasteiger charge is 2.16. The fourth-order valence-corrected chi connectivity index (χ4v) is 2.10. The largest absolute Gasteiger partial charge is 0.478 e. The van der Waals surface area contributed by atoms with Crippen molar-refractivity contribution in [1.82, 2.24) is 0 Å². The fraction of sp³-hybridized carbons (Fsp3) is 0.176. The number of hydrogen-bond donors (Lipinski definition) is 3. The second-order valence-electron chi connectivity index (χ2n) is 5.27. The Bertz CT molecular complexity index is 705. The van der Waals surface area contributed by atoms with Crippen LogP contribution < -0.4 is 5.32 Å². The molecule has 0 saturated carbocycles. The van der Waals surface area contributed by atoms with Crippen molar-refractivity contribution in [3.63, 3.8) is 0 Å². The Hall–Kier alpha value is -2.82. The van der Waals surface area contributed by atoms with E-state index < -0.39 is 11.9 Å². The number of carboxylic acids is 2. The van der Waals surface area contributed by atoms with E-state index in [9.17, 15) is 9.59 Å². The molecule has 0 aliphatic heterocycles. The maximum Gasteiger partial charge on any atom is 0.336 e. The summed E-state index contributed by atoms with van der Waals surface area (Å²) in [6, 6.07) is 12.0. The molecule has 5 nitrogen and oxygen atoms in total. The number of carboxylic acid groups (broad SMARTS) is 2. The number of nitrogens with one attached hydrogen (secondary N) is 1. The third kappa shape index (κ3) is 3.44. The maximum atomic E-state index is 11.2. The smallest absolute Gasteiger partial charge is 0.336 e. The summed E-state index contributed by atoms with van der Waals surface area (Å²) in [6.45, 7) is 4.21. The molecule has 0 fully saturated rings. The van der Waals surface area contributed by atoms with E-state index in [1.165, 1.54) is 17.7 Å². The van der Waals surface area contributed by atoms with Gasteiger partial charge in [-0.05, 0) is 41.8 Å². The van der Waals surface area contributed by atoms with Crippen LogP contribution in [0.25, 0.3) is 0 Å². The zero-order chi connectivity index (χ0) is 16.3. The van der Waals surface area contributed by atoms with E-state index >= 15 is 0 Å². The summed E-state index contributed by atoms with van der Waals surface area (Å²) in [5.74, 6) is -2.09. The summed E-state index contributed by atoms with van der Waals surface area (Å²) in [5.41, 5.74) is 2.08. The SMILES string of the molecule is CC(C)c1ccc(Nc2ccc(C(=O)O)c(C(=O)O)c2)cc1. The molecule has 0 heterocycles. The van der Waals surface area contributed by atoms with Gasteiger partial charge in [-0.15, -0.1) is 0 Å². The lowest BCUT2D eigenvalue weighted by molar-refractivity contribution is 0.0651. The molecular weight excluding hydrogens is 282 g/mol. The van der Waals surface area contributed by atoms with Gasteiger partial charge in [0.2, 0.25) is 0 Å². The highest BCUT2D eigenvalue weighted by molar-refractivity contribution is 6.02. The molecule has 0 atom stereocenters. The Kier molecular flexibility index (Phi) is 4.46. The topological polar surface area (TPSA) is 86.6 Å². The monoisotopic (exact) mass is 299 g/mol. The van der Waals surface area contributed by atoms with Crippen LogP contribution in [0.2, 0.25) is 0 Å². The Balaban J connectivity index is 2.28. The quantitative estimate of drug-likeness (QED) is 0.778. The van der Waals surface area contributed by atoms with Crippen LogP contribution >= 0.6 is 0 Å². The van der Waals surface area contributed by atoms with Crippen LogP contribution in [0.5, 0.6) is 0 Å². The standard InChI is InChI=1S/C17H17NO4/c1-10(2)11-3-5-12(6-4-11)18-13-7-8-14(16(19)20)15(9-13)17(21)22/h3-10,18H,1-2H3,(H,19,20)(H,21,22). The lowest BCUT2D eigenvalue weighted by Crippen LogP contribution is -2.08. The Labute approximate surface area is 128 Å². The zero-order valence-electron chi connectivity index (χ0n) is 12.3. The van der Waals surface area contributed by atoms with E-state index in [0.29, 0.717) is 11.6 Å². The first-order chi connectivity index (χ1) is 10.4. The number of benzene rings is 2. The zero-order valence-corrected chi connectivity index (χ0v) is 12.3. The van der Waals surface area contributed by atoms with Crippen LogP contribution in [0.4, 0.5) is 11.4 Å². The summed E-state index contributed by atoms with van der Waals surface area (Å²) < 4.78 is 0. The minimum atomic E-state index is -1.27. The van der Waals surface area contributed by atoms with Gasteiger partial charge in [0.1, 0.15) is 0 Å². The minimum absolute atomic E-state index is 0.229. The lowest BCUT2D eigenvalue weighted by atomic mass is 10.0. The fourth-order valence-electron chi connectivity index (χ4n) is 2.10. The molecule has 3 N–H and O–H groups in total. The van der Waals surface area contributed by atoms with E-state index in [-0.39, 0.29) is 11.1 Å². The molecule has 0 radical (unpaired) electrons. The molecule has 0 aliphatic rings. The van der Waals surface area contributed by atoms with Crippen molar-refractivity contribution in [2.45, 2.75) is 19.8 Å². The Morgan fingerprint density at radius 1 is 0.864 bits per heavy atom. The summed E-state index contributed by atoms with van der Waals surface area (Å²) in [6.07, 6.45) is 0. The lowest BCUT2D eigenvalue weighted by Gasteiger charge is -2.11. The van der Waals surface area contributed by atoms with Gasteiger partial charge in [0.05, 0.1) is 11.1 Å². The van der Waals surface area contributed by atoms with Crippen molar-refractivity contribution < 1.29 is 19.8 Å². The van der Waals surface area contributed by atoms with Crippen molar-refractivity contribution >= 4 is 23.3 Å². The molecule has 5 heteroatoms. The molecule has 22 heavy (non-hydrogen) atoms. The van der Waals surface area contributed by atoms with Gasteiger partial charge < -0.3 is 15.5 Å². The van der Waals surface area contributed by atoms with Gasteiger partial charge >= 0.3 is 11.9 Å². The number of hydrogen-bond acceptors (Lipinski definition) is 3. The van der Waals surface area contributed by atoms with Crippen LogP contribution in [-0.4, -0.2) is 22.2 Å². The molecule has 114 valence electrons. The maximum absolute atomic E-state index is 11.2. The summed E-state index contributed by atoms with van der Waals surface area (Å²) in [4.78, 5) is 22.2. The van der Waals surface area contributed by atoms with Gasteiger partial charge in [-0.2, -0.15) is 0 Å². The van der Waals surface area contributed by atoms with Crippen LogP contribution in [0.15, 0.2) is 42.5 Å². The summed E-state index contributed by atoms with van der Waals surface area (Å²) >= 11 is 0. The number of carbonyl (C=O) groups is 2. The second-order valence-corrected chi connectivity index (χ2v) is 5.27. The molecule has 0 bridgehead atoms. The van der Waals surface area contributed by atoms with Crippen molar-refractivity contribution in [3.05, 3.63) is 59.2 Å². The van der Waals surface area contributed by atoms with E-state index in [2.05, 4.69) is 19.2 Å². The van der Waals surface area contributed by atoms with E-state index in [1.54, 1.807) is 6.07 Å². The first-order valence-electron chi connectivity index (χ1n) is 6.86. The van der Waals surface area contributed by atoms with Crippen molar-refractivity contribution in [3.8, 4) is 0 Å². The van der Waals surface area contributed by atoms with Gasteiger partial charge in [-0.3, -0.25) is 0 Å². The van der Waals surface area contributed by atoms with Gasteiger partial charge in [-0.1, -0.05) is 26.0 Å². The van der Waals surface area contributed by atoms with Gasteiger partial charge in [0, 0.05) is 11.4 Å².